The molecule has 0 aliphatic carbocycles. The Morgan fingerprint density at radius 2 is 2.12 bits per heavy atom. The van der Waals surface area contributed by atoms with Crippen LogP contribution in [0.1, 0.15) is 29.4 Å². The number of rotatable bonds is 6. The van der Waals surface area contributed by atoms with E-state index >= 15 is 0 Å². The molecule has 0 aliphatic heterocycles. The van der Waals surface area contributed by atoms with E-state index in [0.29, 0.717) is 5.01 Å². The molecule has 0 atom stereocenters. The van der Waals surface area contributed by atoms with Gasteiger partial charge in [0, 0.05) is 11.4 Å². The first-order valence-electron chi connectivity index (χ1n) is 5.15. The molecule has 1 heterocycles. The van der Waals surface area contributed by atoms with Gasteiger partial charge in [0.1, 0.15) is 10.8 Å². The number of nitrogens with zero attached hydrogens (tertiary/aromatic N) is 1. The molecule has 1 aromatic heterocycles. The molecule has 1 rings (SSSR count). The van der Waals surface area contributed by atoms with E-state index in [1.54, 1.807) is 0 Å². The Morgan fingerprint density at radius 1 is 1.44 bits per heavy atom. The normalized spacial score (nSPS) is 11.9. The zero-order valence-corrected chi connectivity index (χ0v) is 11.1. The number of primary sulfonamides is 1. The highest BCUT2D eigenvalue weighted by Crippen LogP contribution is 2.20. The van der Waals surface area contributed by atoms with Crippen LogP contribution < -0.4 is 10.5 Å². The maximum absolute atomic E-state index is 11.0. The lowest BCUT2D eigenvalue weighted by Crippen LogP contribution is -2.14. The highest BCUT2D eigenvalue weighted by Gasteiger charge is 2.13. The number of hydrogen-bond donors (Lipinski definition) is 2. The van der Waals surface area contributed by atoms with Crippen molar-refractivity contribution >= 4 is 21.4 Å². The van der Waals surface area contributed by atoms with Gasteiger partial charge in [-0.05, 0) is 13.0 Å². The minimum Gasteiger partial charge on any atom is -0.312 e. The highest BCUT2D eigenvalue weighted by molar-refractivity contribution is 7.88. The van der Waals surface area contributed by atoms with Gasteiger partial charge >= 0.3 is 0 Å². The summed E-state index contributed by atoms with van der Waals surface area (Å²) in [5.74, 6) is -0.170. The summed E-state index contributed by atoms with van der Waals surface area (Å²) in [6.07, 6.45) is 0.807. The lowest BCUT2D eigenvalue weighted by molar-refractivity contribution is 0.597. The van der Waals surface area contributed by atoms with E-state index in [9.17, 15) is 8.42 Å². The van der Waals surface area contributed by atoms with Gasteiger partial charge in [0.15, 0.2) is 0 Å². The maximum Gasteiger partial charge on any atom is 0.215 e. The molecule has 16 heavy (non-hydrogen) atoms. The topological polar surface area (TPSA) is 85.1 Å². The Kier molecular flexibility index (Phi) is 4.85. The third-order valence-corrected chi connectivity index (χ3v) is 3.97. The average molecular weight is 263 g/mol. The second-order valence-electron chi connectivity index (χ2n) is 3.42. The molecular formula is C9H17N3O2S2. The monoisotopic (exact) mass is 263 g/mol. The summed E-state index contributed by atoms with van der Waals surface area (Å²) in [5, 5.41) is 8.77. The molecule has 0 saturated heterocycles. The zero-order valence-electron chi connectivity index (χ0n) is 9.49. The van der Waals surface area contributed by atoms with Gasteiger partial charge in [-0.25, -0.2) is 18.5 Å². The van der Waals surface area contributed by atoms with Gasteiger partial charge in [-0.2, -0.15) is 0 Å². The highest BCUT2D eigenvalue weighted by atomic mass is 32.2. The molecule has 0 saturated carbocycles. The molecule has 0 spiro atoms. The summed E-state index contributed by atoms with van der Waals surface area (Å²) in [5.41, 5.74) is 0.963. The number of nitrogens with two attached hydrogens (primary N) is 1. The fraction of sp³-hybridized carbons (Fsp3) is 0.667. The van der Waals surface area contributed by atoms with Crippen molar-refractivity contribution in [1.82, 2.24) is 10.3 Å². The third kappa shape index (κ3) is 4.17. The fourth-order valence-corrected chi connectivity index (χ4v) is 3.38. The van der Waals surface area contributed by atoms with Crippen LogP contribution in [0.4, 0.5) is 0 Å². The van der Waals surface area contributed by atoms with Crippen LogP contribution in [0.2, 0.25) is 0 Å². The lowest BCUT2D eigenvalue weighted by atomic mass is 10.3. The Bertz CT molecular complexity index is 440. The average Bonchev–Trinajstić information content (AvgIpc) is 2.54. The van der Waals surface area contributed by atoms with Crippen LogP contribution in [0.5, 0.6) is 0 Å². The number of hydrogen-bond acceptors (Lipinski definition) is 5. The summed E-state index contributed by atoms with van der Waals surface area (Å²) in [4.78, 5) is 5.39. The van der Waals surface area contributed by atoms with Crippen LogP contribution in [-0.2, 0) is 28.7 Å². The number of thiazole rings is 1. The van der Waals surface area contributed by atoms with Gasteiger partial charge in [-0.15, -0.1) is 11.3 Å². The molecule has 0 aliphatic rings. The number of aryl methyl sites for hydroxylation is 1. The second-order valence-corrected chi connectivity index (χ2v) is 6.20. The Hall–Kier alpha value is -0.500. The molecule has 0 amide bonds. The summed E-state index contributed by atoms with van der Waals surface area (Å²) < 4.78 is 21.9. The smallest absolute Gasteiger partial charge is 0.215 e. The van der Waals surface area contributed by atoms with Gasteiger partial charge in [0.05, 0.1) is 5.69 Å². The fourth-order valence-electron chi connectivity index (χ4n) is 1.32. The van der Waals surface area contributed by atoms with Crippen molar-refractivity contribution < 1.29 is 8.42 Å². The zero-order chi connectivity index (χ0) is 12.2. The maximum atomic E-state index is 11.0. The summed E-state index contributed by atoms with van der Waals surface area (Å²) in [6, 6.07) is 0. The van der Waals surface area contributed by atoms with Crippen molar-refractivity contribution in [3.05, 3.63) is 15.6 Å². The number of aromatic nitrogens is 1. The lowest BCUT2D eigenvalue weighted by Gasteiger charge is -1.99. The Morgan fingerprint density at radius 3 is 2.62 bits per heavy atom. The molecule has 0 radical (unpaired) electrons. The van der Waals surface area contributed by atoms with Gasteiger partial charge in [-0.1, -0.05) is 13.8 Å². The molecule has 0 bridgehead atoms. The van der Waals surface area contributed by atoms with Crippen molar-refractivity contribution in [2.75, 3.05) is 6.54 Å². The summed E-state index contributed by atoms with van der Waals surface area (Å²) >= 11 is 1.42. The SMILES string of the molecule is CCNCc1sc(CS(N)(=O)=O)nc1CC. The summed E-state index contributed by atoms with van der Waals surface area (Å²) in [6.45, 7) is 5.65. The molecule has 5 nitrogen and oxygen atoms in total. The van der Waals surface area contributed by atoms with Crippen molar-refractivity contribution in [2.45, 2.75) is 32.6 Å². The van der Waals surface area contributed by atoms with Gasteiger partial charge in [0.2, 0.25) is 10.0 Å². The van der Waals surface area contributed by atoms with Crippen molar-refractivity contribution in [3.63, 3.8) is 0 Å². The molecule has 0 unspecified atom stereocenters. The summed E-state index contributed by atoms with van der Waals surface area (Å²) in [7, 11) is -3.48. The Labute approximate surface area is 100 Å². The van der Waals surface area contributed by atoms with Crippen molar-refractivity contribution in [1.29, 1.82) is 0 Å². The van der Waals surface area contributed by atoms with E-state index in [1.807, 2.05) is 13.8 Å². The van der Waals surface area contributed by atoms with E-state index in [-0.39, 0.29) is 5.75 Å². The van der Waals surface area contributed by atoms with Crippen molar-refractivity contribution in [3.8, 4) is 0 Å². The van der Waals surface area contributed by atoms with Gasteiger partial charge in [-0.3, -0.25) is 0 Å². The molecule has 0 aromatic carbocycles. The van der Waals surface area contributed by atoms with Gasteiger partial charge < -0.3 is 5.32 Å². The largest absolute Gasteiger partial charge is 0.312 e. The molecular weight excluding hydrogens is 246 g/mol. The first-order valence-corrected chi connectivity index (χ1v) is 7.68. The van der Waals surface area contributed by atoms with Crippen LogP contribution in [0.15, 0.2) is 0 Å². The van der Waals surface area contributed by atoms with Crippen LogP contribution in [0, 0.1) is 0 Å². The molecule has 92 valence electrons. The van der Waals surface area contributed by atoms with Crippen molar-refractivity contribution in [2.24, 2.45) is 5.14 Å². The van der Waals surface area contributed by atoms with E-state index < -0.39 is 10.0 Å². The number of nitrogens with one attached hydrogen (secondary N) is 1. The standard InChI is InChI=1S/C9H17N3O2S2/c1-3-7-8(5-11-4-2)15-9(12-7)6-16(10,13)14/h11H,3-6H2,1-2H3,(H2,10,13,14). The van der Waals surface area contributed by atoms with Crippen LogP contribution >= 0.6 is 11.3 Å². The number of sulfonamides is 1. The van der Waals surface area contributed by atoms with Gasteiger partial charge in [0.25, 0.3) is 0 Å². The second kappa shape index (κ2) is 5.72. The predicted octanol–water partition coefficient (Wildman–Crippen LogP) is 0.604. The molecule has 3 N–H and O–H groups in total. The molecule has 7 heteroatoms. The van der Waals surface area contributed by atoms with E-state index in [1.165, 1.54) is 11.3 Å². The predicted molar refractivity (Wildman–Crippen MR) is 65.7 cm³/mol. The molecule has 1 aromatic rings. The minimum absolute atomic E-state index is 0.170. The Balaban J connectivity index is 2.85. The minimum atomic E-state index is -3.48. The van der Waals surface area contributed by atoms with E-state index in [2.05, 4.69) is 10.3 Å². The first-order chi connectivity index (χ1) is 7.46. The van der Waals surface area contributed by atoms with E-state index in [0.717, 1.165) is 30.1 Å². The van der Waals surface area contributed by atoms with Crippen LogP contribution in [-0.4, -0.2) is 19.9 Å². The molecule has 0 fully saturated rings. The quantitative estimate of drug-likeness (QED) is 0.787. The first kappa shape index (κ1) is 13.6. The van der Waals surface area contributed by atoms with Crippen LogP contribution in [0.3, 0.4) is 0 Å². The van der Waals surface area contributed by atoms with E-state index in [4.69, 9.17) is 5.14 Å². The third-order valence-electron chi connectivity index (χ3n) is 2.02. The van der Waals surface area contributed by atoms with Crippen LogP contribution in [0.25, 0.3) is 0 Å².